The molecule has 2 fully saturated rings. The molecule has 8 nitrogen and oxygen atoms in total. The summed E-state index contributed by atoms with van der Waals surface area (Å²) in [5.41, 5.74) is 1.71. The van der Waals surface area contributed by atoms with Crippen LogP contribution >= 0.6 is 0 Å². The standard InChI is InChI=1S/C24H31N3O5S/c1-18-4-10-22(11-5-18)33(29,30)26-16-19(2)27(23(28)17-25-12-14-32-15-13-25)24(26)20-6-8-21(31-3)9-7-20/h4-11,19,24H,12-17H2,1-3H3/t19-,24+/m0/s1. The first kappa shape index (κ1) is 23.7. The highest BCUT2D eigenvalue weighted by Crippen LogP contribution is 2.38. The molecule has 0 saturated carbocycles. The lowest BCUT2D eigenvalue weighted by Gasteiger charge is -2.34. The number of aryl methyl sites for hydroxylation is 1. The molecule has 0 N–H and O–H groups in total. The molecule has 0 aliphatic carbocycles. The number of hydrogen-bond acceptors (Lipinski definition) is 6. The van der Waals surface area contributed by atoms with Crippen molar-refractivity contribution in [3.8, 4) is 5.75 Å². The molecule has 0 unspecified atom stereocenters. The number of carbonyl (C=O) groups is 1. The number of amides is 1. The van der Waals surface area contributed by atoms with Gasteiger partial charge in [0.1, 0.15) is 11.9 Å². The van der Waals surface area contributed by atoms with Gasteiger partial charge in [-0.15, -0.1) is 0 Å². The molecule has 0 spiro atoms. The number of benzene rings is 2. The molecular weight excluding hydrogens is 442 g/mol. The molecule has 0 aromatic heterocycles. The van der Waals surface area contributed by atoms with E-state index in [0.29, 0.717) is 32.1 Å². The van der Waals surface area contributed by atoms with Crippen LogP contribution in [0.5, 0.6) is 5.75 Å². The molecule has 0 bridgehead atoms. The van der Waals surface area contributed by atoms with E-state index in [9.17, 15) is 13.2 Å². The Morgan fingerprint density at radius 1 is 1.06 bits per heavy atom. The third-order valence-electron chi connectivity index (χ3n) is 6.25. The van der Waals surface area contributed by atoms with Crippen LogP contribution in [0.2, 0.25) is 0 Å². The maximum atomic E-state index is 13.7. The minimum absolute atomic E-state index is 0.0909. The van der Waals surface area contributed by atoms with E-state index in [2.05, 4.69) is 4.90 Å². The Balaban J connectivity index is 1.70. The number of rotatable bonds is 6. The van der Waals surface area contributed by atoms with Gasteiger partial charge < -0.3 is 14.4 Å². The molecule has 2 aromatic rings. The van der Waals surface area contributed by atoms with Crippen molar-refractivity contribution in [3.63, 3.8) is 0 Å². The zero-order valence-electron chi connectivity index (χ0n) is 19.3. The lowest BCUT2D eigenvalue weighted by Crippen LogP contribution is -2.47. The third-order valence-corrected chi connectivity index (χ3v) is 8.08. The van der Waals surface area contributed by atoms with Crippen LogP contribution in [0.1, 0.15) is 24.2 Å². The Morgan fingerprint density at radius 2 is 1.70 bits per heavy atom. The van der Waals surface area contributed by atoms with Crippen molar-refractivity contribution in [2.75, 3.05) is 46.5 Å². The van der Waals surface area contributed by atoms with Gasteiger partial charge in [-0.1, -0.05) is 29.8 Å². The minimum Gasteiger partial charge on any atom is -0.497 e. The van der Waals surface area contributed by atoms with Gasteiger partial charge in [-0.25, -0.2) is 8.42 Å². The molecule has 178 valence electrons. The lowest BCUT2D eigenvalue weighted by molar-refractivity contribution is -0.137. The summed E-state index contributed by atoms with van der Waals surface area (Å²) in [7, 11) is -2.24. The van der Waals surface area contributed by atoms with Crippen LogP contribution in [0.3, 0.4) is 0 Å². The first-order valence-electron chi connectivity index (χ1n) is 11.1. The Labute approximate surface area is 195 Å². The fourth-order valence-electron chi connectivity index (χ4n) is 4.42. The average Bonchev–Trinajstić information content (AvgIpc) is 3.18. The summed E-state index contributed by atoms with van der Waals surface area (Å²) in [6.07, 6.45) is -0.731. The molecule has 4 rings (SSSR count). The van der Waals surface area contributed by atoms with Crippen LogP contribution in [0.25, 0.3) is 0 Å². The molecule has 2 aliphatic heterocycles. The summed E-state index contributed by atoms with van der Waals surface area (Å²) >= 11 is 0. The van der Waals surface area contributed by atoms with Crippen molar-refractivity contribution in [3.05, 3.63) is 59.7 Å². The molecule has 1 amide bonds. The monoisotopic (exact) mass is 473 g/mol. The normalized spacial score (nSPS) is 22.5. The summed E-state index contributed by atoms with van der Waals surface area (Å²) in [4.78, 5) is 17.5. The number of sulfonamides is 1. The van der Waals surface area contributed by atoms with Crippen molar-refractivity contribution in [1.29, 1.82) is 0 Å². The molecule has 2 aromatic carbocycles. The fraction of sp³-hybridized carbons (Fsp3) is 0.458. The van der Waals surface area contributed by atoms with Gasteiger partial charge in [-0.05, 0) is 43.7 Å². The predicted octanol–water partition coefficient (Wildman–Crippen LogP) is 2.26. The van der Waals surface area contributed by atoms with Crippen LogP contribution in [-0.2, 0) is 19.6 Å². The third kappa shape index (κ3) is 4.91. The summed E-state index contributed by atoms with van der Waals surface area (Å²) in [6.45, 7) is 6.84. The maximum absolute atomic E-state index is 13.7. The van der Waals surface area contributed by atoms with E-state index in [1.807, 2.05) is 26.0 Å². The first-order chi connectivity index (χ1) is 15.8. The van der Waals surface area contributed by atoms with Crippen molar-refractivity contribution in [1.82, 2.24) is 14.1 Å². The highest BCUT2D eigenvalue weighted by atomic mass is 32.2. The van der Waals surface area contributed by atoms with Gasteiger partial charge in [-0.2, -0.15) is 4.31 Å². The van der Waals surface area contributed by atoms with E-state index in [1.165, 1.54) is 4.31 Å². The van der Waals surface area contributed by atoms with Crippen molar-refractivity contribution < 1.29 is 22.7 Å². The Kier molecular flexibility index (Phi) is 7.04. The van der Waals surface area contributed by atoms with E-state index in [1.54, 1.807) is 48.4 Å². The summed E-state index contributed by atoms with van der Waals surface area (Å²) in [5, 5.41) is 0. The quantitative estimate of drug-likeness (QED) is 0.640. The number of methoxy groups -OCH3 is 1. The SMILES string of the molecule is COc1ccc([C@H]2N(C(=O)CN3CCOCC3)[C@@H](C)CN2S(=O)(=O)c2ccc(C)cc2)cc1. The zero-order valence-corrected chi connectivity index (χ0v) is 20.1. The molecule has 2 aliphatic rings. The zero-order chi connectivity index (χ0) is 23.6. The second-order valence-corrected chi connectivity index (χ2v) is 10.5. The average molecular weight is 474 g/mol. The van der Waals surface area contributed by atoms with E-state index in [0.717, 1.165) is 11.1 Å². The molecule has 33 heavy (non-hydrogen) atoms. The van der Waals surface area contributed by atoms with Crippen LogP contribution in [0.15, 0.2) is 53.4 Å². The number of carbonyl (C=O) groups excluding carboxylic acids is 1. The largest absolute Gasteiger partial charge is 0.497 e. The fourth-order valence-corrected chi connectivity index (χ4v) is 6.07. The summed E-state index contributed by atoms with van der Waals surface area (Å²) in [6, 6.07) is 13.8. The van der Waals surface area contributed by atoms with Gasteiger partial charge >= 0.3 is 0 Å². The molecule has 0 radical (unpaired) electrons. The van der Waals surface area contributed by atoms with Crippen LogP contribution in [0.4, 0.5) is 0 Å². The van der Waals surface area contributed by atoms with Crippen LogP contribution in [-0.4, -0.2) is 81.0 Å². The number of ether oxygens (including phenoxy) is 2. The summed E-state index contributed by atoms with van der Waals surface area (Å²) in [5.74, 6) is 0.579. The predicted molar refractivity (Wildman–Crippen MR) is 124 cm³/mol. The summed E-state index contributed by atoms with van der Waals surface area (Å²) < 4.78 is 39.5. The smallest absolute Gasteiger partial charge is 0.245 e. The topological polar surface area (TPSA) is 79.4 Å². The van der Waals surface area contributed by atoms with Gasteiger partial charge in [0.2, 0.25) is 15.9 Å². The molecule has 9 heteroatoms. The highest BCUT2D eigenvalue weighted by molar-refractivity contribution is 7.89. The van der Waals surface area contributed by atoms with E-state index in [4.69, 9.17) is 9.47 Å². The van der Waals surface area contributed by atoms with Gasteiger partial charge in [0.15, 0.2) is 0 Å². The van der Waals surface area contributed by atoms with E-state index < -0.39 is 16.2 Å². The number of nitrogens with zero attached hydrogens (tertiary/aromatic N) is 3. The Bertz CT molecular complexity index is 1070. The van der Waals surface area contributed by atoms with Crippen LogP contribution in [0, 0.1) is 6.92 Å². The van der Waals surface area contributed by atoms with Crippen molar-refractivity contribution in [2.45, 2.75) is 31.0 Å². The first-order valence-corrected chi connectivity index (χ1v) is 12.6. The van der Waals surface area contributed by atoms with Gasteiger partial charge in [0, 0.05) is 25.7 Å². The van der Waals surface area contributed by atoms with Gasteiger partial charge in [0.05, 0.1) is 31.8 Å². The van der Waals surface area contributed by atoms with Crippen molar-refractivity contribution in [2.24, 2.45) is 0 Å². The van der Waals surface area contributed by atoms with Gasteiger partial charge in [0.25, 0.3) is 0 Å². The lowest BCUT2D eigenvalue weighted by atomic mass is 10.1. The highest BCUT2D eigenvalue weighted by Gasteiger charge is 2.47. The Hall–Kier alpha value is -2.46. The molecular formula is C24H31N3O5S. The second kappa shape index (κ2) is 9.80. The number of morpholine rings is 1. The second-order valence-electron chi connectivity index (χ2n) is 8.57. The maximum Gasteiger partial charge on any atom is 0.245 e. The van der Waals surface area contributed by atoms with Crippen LogP contribution < -0.4 is 4.74 Å². The van der Waals surface area contributed by atoms with E-state index in [-0.39, 0.29) is 29.9 Å². The Morgan fingerprint density at radius 3 is 2.30 bits per heavy atom. The minimum atomic E-state index is -3.83. The number of hydrogen-bond donors (Lipinski definition) is 0. The molecule has 2 saturated heterocycles. The van der Waals surface area contributed by atoms with Gasteiger partial charge in [-0.3, -0.25) is 9.69 Å². The molecule has 2 heterocycles. The van der Waals surface area contributed by atoms with Crippen molar-refractivity contribution >= 4 is 15.9 Å². The molecule has 2 atom stereocenters. The van der Waals surface area contributed by atoms with E-state index >= 15 is 0 Å².